The first-order valence-electron chi connectivity index (χ1n) is 9.34. The number of hydrogen-bond donors (Lipinski definition) is 1. The van der Waals surface area contributed by atoms with Crippen molar-refractivity contribution in [1.29, 1.82) is 0 Å². The van der Waals surface area contributed by atoms with Gasteiger partial charge in [0.2, 0.25) is 5.91 Å². The highest BCUT2D eigenvalue weighted by Crippen LogP contribution is 2.19. The number of likely N-dealkylation sites (tertiary alicyclic amines) is 1. The number of nitrogens with two attached hydrogens (primary N) is 1. The van der Waals surface area contributed by atoms with Crippen molar-refractivity contribution >= 4 is 5.91 Å². The van der Waals surface area contributed by atoms with Crippen molar-refractivity contribution in [2.75, 3.05) is 13.1 Å². The number of carbonyl (C=O) groups is 1. The Labute approximate surface area is 166 Å². The minimum absolute atomic E-state index is 0.0386. The molecule has 156 valence electrons. The van der Waals surface area contributed by atoms with Crippen LogP contribution < -0.4 is 5.73 Å². The third kappa shape index (κ3) is 5.77. The molecule has 0 aliphatic carbocycles. The highest BCUT2D eigenvalue weighted by atomic mass is 19.2. The molecule has 8 heteroatoms. The molecule has 29 heavy (non-hydrogen) atoms. The van der Waals surface area contributed by atoms with Gasteiger partial charge in [-0.15, -0.1) is 0 Å². The Morgan fingerprint density at radius 1 is 1.10 bits per heavy atom. The summed E-state index contributed by atoms with van der Waals surface area (Å²) in [4.78, 5) is 14.1. The van der Waals surface area contributed by atoms with Gasteiger partial charge in [-0.1, -0.05) is 12.1 Å². The third-order valence-electron chi connectivity index (χ3n) is 4.90. The summed E-state index contributed by atoms with van der Waals surface area (Å²) < 4.78 is 58.7. The van der Waals surface area contributed by atoms with Gasteiger partial charge < -0.3 is 15.4 Å². The van der Waals surface area contributed by atoms with Crippen LogP contribution in [0, 0.1) is 23.3 Å². The lowest BCUT2D eigenvalue weighted by Gasteiger charge is -2.19. The Bertz CT molecular complexity index is 861. The van der Waals surface area contributed by atoms with Crippen molar-refractivity contribution in [2.45, 2.75) is 38.0 Å². The van der Waals surface area contributed by atoms with Crippen LogP contribution >= 0.6 is 0 Å². The van der Waals surface area contributed by atoms with Gasteiger partial charge in [0.25, 0.3) is 0 Å². The first kappa shape index (κ1) is 21.3. The van der Waals surface area contributed by atoms with E-state index >= 15 is 0 Å². The van der Waals surface area contributed by atoms with Crippen LogP contribution in [0.3, 0.4) is 0 Å². The van der Waals surface area contributed by atoms with Crippen molar-refractivity contribution in [2.24, 2.45) is 5.73 Å². The summed E-state index contributed by atoms with van der Waals surface area (Å²) >= 11 is 0. The number of halogens is 4. The summed E-state index contributed by atoms with van der Waals surface area (Å²) in [7, 11) is 0. The molecule has 0 bridgehead atoms. The van der Waals surface area contributed by atoms with Crippen LogP contribution in [0.2, 0.25) is 0 Å². The van der Waals surface area contributed by atoms with Crippen molar-refractivity contribution in [3.05, 3.63) is 70.8 Å². The second-order valence-electron chi connectivity index (χ2n) is 7.21. The molecule has 3 rings (SSSR count). The monoisotopic (exact) mass is 410 g/mol. The van der Waals surface area contributed by atoms with Gasteiger partial charge in [0.05, 0.1) is 12.7 Å². The van der Waals surface area contributed by atoms with E-state index in [1.54, 1.807) is 17.0 Å². The average Bonchev–Trinajstić information content (AvgIpc) is 3.15. The van der Waals surface area contributed by atoms with Crippen LogP contribution in [-0.4, -0.2) is 36.0 Å². The van der Waals surface area contributed by atoms with Gasteiger partial charge in [0.1, 0.15) is 11.6 Å². The van der Waals surface area contributed by atoms with Crippen LogP contribution in [-0.2, 0) is 22.6 Å². The van der Waals surface area contributed by atoms with E-state index in [1.807, 2.05) is 0 Å². The van der Waals surface area contributed by atoms with Crippen molar-refractivity contribution in [3.63, 3.8) is 0 Å². The summed E-state index contributed by atoms with van der Waals surface area (Å²) in [6, 6.07) is 6.53. The van der Waals surface area contributed by atoms with E-state index in [2.05, 4.69) is 0 Å². The lowest BCUT2D eigenvalue weighted by molar-refractivity contribution is -0.131. The molecule has 2 aromatic carbocycles. The number of hydrogen-bond acceptors (Lipinski definition) is 3. The molecule has 2 aromatic rings. The van der Waals surface area contributed by atoms with Crippen LogP contribution in [0.5, 0.6) is 0 Å². The van der Waals surface area contributed by atoms with E-state index in [4.69, 9.17) is 10.5 Å². The normalized spacial score (nSPS) is 17.6. The summed E-state index contributed by atoms with van der Waals surface area (Å²) in [5.74, 6) is -3.82. The number of ether oxygens (including phenoxy) is 1. The molecule has 1 saturated heterocycles. The fourth-order valence-electron chi connectivity index (χ4n) is 3.31. The summed E-state index contributed by atoms with van der Waals surface area (Å²) in [6.45, 7) is 1.24. The van der Waals surface area contributed by atoms with Crippen LogP contribution in [0.25, 0.3) is 0 Å². The lowest BCUT2D eigenvalue weighted by Crippen LogP contribution is -2.36. The minimum Gasteiger partial charge on any atom is -0.372 e. The fraction of sp³-hybridized carbons (Fsp3) is 0.381. The Morgan fingerprint density at radius 2 is 1.79 bits per heavy atom. The molecule has 0 radical (unpaired) electrons. The van der Waals surface area contributed by atoms with Crippen LogP contribution in [0.4, 0.5) is 17.6 Å². The molecule has 2 N–H and O–H groups in total. The SMILES string of the molecule is N[C@@H](CC(=O)N1CC[C@H](OCc2ccc(F)cc2)C1)Cc1cc(F)c(F)cc1F. The number of amides is 1. The predicted molar refractivity (Wildman–Crippen MR) is 98.8 cm³/mol. The molecule has 1 amide bonds. The Kier molecular flexibility index (Phi) is 6.87. The van der Waals surface area contributed by atoms with Crippen molar-refractivity contribution in [1.82, 2.24) is 4.90 Å². The maximum atomic E-state index is 13.7. The maximum absolute atomic E-state index is 13.7. The molecular formula is C21H22F4N2O2. The Balaban J connectivity index is 1.46. The van der Waals surface area contributed by atoms with Crippen molar-refractivity contribution < 1.29 is 27.1 Å². The molecule has 0 unspecified atom stereocenters. The highest BCUT2D eigenvalue weighted by Gasteiger charge is 2.28. The predicted octanol–water partition coefficient (Wildman–Crippen LogP) is 3.32. The number of rotatable bonds is 7. The topological polar surface area (TPSA) is 55.6 Å². The molecule has 1 aliphatic rings. The van der Waals surface area contributed by atoms with Gasteiger partial charge in [-0.3, -0.25) is 4.79 Å². The zero-order chi connectivity index (χ0) is 21.0. The first-order chi connectivity index (χ1) is 13.8. The third-order valence-corrected chi connectivity index (χ3v) is 4.90. The number of nitrogens with zero attached hydrogens (tertiary/aromatic N) is 1. The van der Waals surface area contributed by atoms with Gasteiger partial charge in [-0.2, -0.15) is 0 Å². The van der Waals surface area contributed by atoms with E-state index in [0.717, 1.165) is 11.6 Å². The first-order valence-corrected chi connectivity index (χ1v) is 9.34. The van der Waals surface area contributed by atoms with Gasteiger partial charge in [0, 0.05) is 31.6 Å². The molecule has 1 fully saturated rings. The quantitative estimate of drug-likeness (QED) is 0.563. The van der Waals surface area contributed by atoms with E-state index in [9.17, 15) is 22.4 Å². The summed E-state index contributed by atoms with van der Waals surface area (Å²) in [5.41, 5.74) is 6.70. The van der Waals surface area contributed by atoms with Gasteiger partial charge in [0.15, 0.2) is 11.6 Å². The smallest absolute Gasteiger partial charge is 0.224 e. The number of benzene rings is 2. The second-order valence-corrected chi connectivity index (χ2v) is 7.21. The maximum Gasteiger partial charge on any atom is 0.224 e. The summed E-state index contributed by atoms with van der Waals surface area (Å²) in [5, 5.41) is 0. The largest absolute Gasteiger partial charge is 0.372 e. The molecule has 1 aliphatic heterocycles. The van der Waals surface area contributed by atoms with E-state index in [1.165, 1.54) is 12.1 Å². The zero-order valence-corrected chi connectivity index (χ0v) is 15.7. The molecule has 1 heterocycles. The van der Waals surface area contributed by atoms with E-state index < -0.39 is 23.5 Å². The molecule has 0 spiro atoms. The summed E-state index contributed by atoms with van der Waals surface area (Å²) in [6.07, 6.45) is 0.416. The lowest BCUT2D eigenvalue weighted by atomic mass is 10.0. The number of carbonyl (C=O) groups excluding carboxylic acids is 1. The average molecular weight is 410 g/mol. The molecule has 0 saturated carbocycles. The highest BCUT2D eigenvalue weighted by molar-refractivity contribution is 5.77. The molecular weight excluding hydrogens is 388 g/mol. The van der Waals surface area contributed by atoms with Crippen LogP contribution in [0.15, 0.2) is 36.4 Å². The minimum atomic E-state index is -1.26. The Hall–Kier alpha value is -2.45. The van der Waals surface area contributed by atoms with Crippen LogP contribution in [0.1, 0.15) is 24.0 Å². The van der Waals surface area contributed by atoms with Crippen molar-refractivity contribution in [3.8, 4) is 0 Å². The Morgan fingerprint density at radius 3 is 2.52 bits per heavy atom. The van der Waals surface area contributed by atoms with E-state index in [-0.39, 0.29) is 36.2 Å². The van der Waals surface area contributed by atoms with Gasteiger partial charge in [-0.25, -0.2) is 17.6 Å². The molecule has 2 atom stereocenters. The van der Waals surface area contributed by atoms with Gasteiger partial charge in [-0.05, 0) is 42.2 Å². The zero-order valence-electron chi connectivity index (χ0n) is 15.7. The standard InChI is InChI=1S/C21H22F4N2O2/c22-15-3-1-13(2-4-15)12-29-17-5-6-27(11-17)21(28)9-16(26)7-14-8-19(24)20(25)10-18(14)23/h1-4,8,10,16-17H,5-7,9,11-12,26H2/t16-,17+/m1/s1. The molecule has 0 aromatic heterocycles. The fourth-order valence-corrected chi connectivity index (χ4v) is 3.31. The molecule has 4 nitrogen and oxygen atoms in total. The van der Waals surface area contributed by atoms with Gasteiger partial charge >= 0.3 is 0 Å². The van der Waals surface area contributed by atoms with E-state index in [0.29, 0.717) is 32.2 Å². The second kappa shape index (κ2) is 9.37.